The first-order chi connectivity index (χ1) is 7.62. The molecule has 0 radical (unpaired) electrons. The Kier molecular flexibility index (Phi) is 4.04. The third kappa shape index (κ3) is 2.59. The molecular formula is C10H10F2O4. The Balaban J connectivity index is 3.25. The lowest BCUT2D eigenvalue weighted by Crippen LogP contribution is -2.05. The SMILES string of the molecule is COc1cc(OC)c(C=O)c(OC(F)F)c1. The van der Waals surface area contributed by atoms with Gasteiger partial charge in [0.2, 0.25) is 0 Å². The molecule has 0 unspecified atom stereocenters. The zero-order valence-corrected chi connectivity index (χ0v) is 8.70. The molecule has 6 heteroatoms. The second-order valence-corrected chi connectivity index (χ2v) is 2.74. The Hall–Kier alpha value is -1.85. The first kappa shape index (κ1) is 12.2. The van der Waals surface area contributed by atoms with E-state index in [1.165, 1.54) is 26.4 Å². The number of methoxy groups -OCH3 is 2. The molecule has 0 saturated heterocycles. The summed E-state index contributed by atoms with van der Waals surface area (Å²) in [4.78, 5) is 10.7. The molecule has 0 fully saturated rings. The Morgan fingerprint density at radius 3 is 2.25 bits per heavy atom. The summed E-state index contributed by atoms with van der Waals surface area (Å²) in [5.41, 5.74) is -0.0800. The normalized spacial score (nSPS) is 10.1. The maximum atomic E-state index is 12.1. The molecule has 16 heavy (non-hydrogen) atoms. The summed E-state index contributed by atoms with van der Waals surface area (Å²) in [5.74, 6) is 0.101. The van der Waals surface area contributed by atoms with Crippen LogP contribution in [0, 0.1) is 0 Å². The number of benzene rings is 1. The predicted octanol–water partition coefficient (Wildman–Crippen LogP) is 2.12. The number of aldehydes is 1. The third-order valence-electron chi connectivity index (χ3n) is 1.87. The number of carbonyl (C=O) groups excluding carboxylic acids is 1. The zero-order chi connectivity index (χ0) is 12.1. The second-order valence-electron chi connectivity index (χ2n) is 2.74. The van der Waals surface area contributed by atoms with Gasteiger partial charge in [-0.1, -0.05) is 0 Å². The van der Waals surface area contributed by atoms with Crippen LogP contribution in [0.1, 0.15) is 10.4 Å². The first-order valence-electron chi connectivity index (χ1n) is 4.28. The summed E-state index contributed by atoms with van der Waals surface area (Å²) in [6, 6.07) is 2.60. The molecule has 0 aromatic heterocycles. The number of carbonyl (C=O) groups is 1. The van der Waals surface area contributed by atoms with Gasteiger partial charge in [0.25, 0.3) is 0 Å². The second kappa shape index (κ2) is 5.29. The fourth-order valence-corrected chi connectivity index (χ4v) is 1.17. The fourth-order valence-electron chi connectivity index (χ4n) is 1.17. The van der Waals surface area contributed by atoms with Crippen LogP contribution in [0.5, 0.6) is 17.2 Å². The van der Waals surface area contributed by atoms with Crippen molar-refractivity contribution in [2.24, 2.45) is 0 Å². The number of hydrogen-bond donors (Lipinski definition) is 0. The van der Waals surface area contributed by atoms with E-state index in [4.69, 9.17) is 9.47 Å². The van der Waals surface area contributed by atoms with Crippen LogP contribution in [0.25, 0.3) is 0 Å². The van der Waals surface area contributed by atoms with Crippen molar-refractivity contribution in [3.05, 3.63) is 17.7 Å². The molecule has 0 saturated carbocycles. The van der Waals surface area contributed by atoms with E-state index in [2.05, 4.69) is 4.74 Å². The standard InChI is InChI=1S/C10H10F2O4/c1-14-6-3-8(15-2)7(5-13)9(4-6)16-10(11)12/h3-5,10H,1-2H3. The first-order valence-corrected chi connectivity index (χ1v) is 4.28. The fraction of sp³-hybridized carbons (Fsp3) is 0.300. The molecule has 0 atom stereocenters. The highest BCUT2D eigenvalue weighted by Crippen LogP contribution is 2.33. The van der Waals surface area contributed by atoms with Crippen LogP contribution in [0.15, 0.2) is 12.1 Å². The maximum Gasteiger partial charge on any atom is 0.387 e. The maximum absolute atomic E-state index is 12.1. The van der Waals surface area contributed by atoms with Gasteiger partial charge in [-0.25, -0.2) is 0 Å². The van der Waals surface area contributed by atoms with E-state index in [0.717, 1.165) is 0 Å². The van der Waals surface area contributed by atoms with Gasteiger partial charge in [-0.3, -0.25) is 4.79 Å². The van der Waals surface area contributed by atoms with Crippen LogP contribution < -0.4 is 14.2 Å². The zero-order valence-electron chi connectivity index (χ0n) is 8.70. The molecule has 0 bridgehead atoms. The van der Waals surface area contributed by atoms with E-state index in [1.807, 2.05) is 0 Å². The van der Waals surface area contributed by atoms with Gasteiger partial charge in [0, 0.05) is 12.1 Å². The summed E-state index contributed by atoms with van der Waals surface area (Å²) in [6.45, 7) is -3.02. The summed E-state index contributed by atoms with van der Waals surface area (Å²) < 4.78 is 38.1. The quantitative estimate of drug-likeness (QED) is 0.729. The molecule has 0 spiro atoms. The van der Waals surface area contributed by atoms with Gasteiger partial charge < -0.3 is 14.2 Å². The van der Waals surface area contributed by atoms with Gasteiger partial charge in [-0.2, -0.15) is 8.78 Å². The predicted molar refractivity (Wildman–Crippen MR) is 51.6 cm³/mol. The van der Waals surface area contributed by atoms with E-state index < -0.39 is 6.61 Å². The molecule has 0 aliphatic carbocycles. The van der Waals surface area contributed by atoms with Gasteiger partial charge in [0.1, 0.15) is 17.2 Å². The molecule has 0 aliphatic rings. The Morgan fingerprint density at radius 1 is 1.19 bits per heavy atom. The van der Waals surface area contributed by atoms with Crippen molar-refractivity contribution in [3.8, 4) is 17.2 Å². The van der Waals surface area contributed by atoms with E-state index >= 15 is 0 Å². The lowest BCUT2D eigenvalue weighted by molar-refractivity contribution is -0.0502. The van der Waals surface area contributed by atoms with Crippen LogP contribution in [-0.4, -0.2) is 27.1 Å². The Bertz CT molecular complexity index is 379. The number of halogens is 2. The van der Waals surface area contributed by atoms with E-state index in [-0.39, 0.29) is 22.8 Å². The third-order valence-corrected chi connectivity index (χ3v) is 1.87. The van der Waals surface area contributed by atoms with E-state index in [9.17, 15) is 13.6 Å². The van der Waals surface area contributed by atoms with Gasteiger partial charge in [0.05, 0.1) is 19.8 Å². The van der Waals surface area contributed by atoms with Crippen LogP contribution in [0.3, 0.4) is 0 Å². The van der Waals surface area contributed by atoms with Crippen molar-refractivity contribution < 1.29 is 27.8 Å². The minimum Gasteiger partial charge on any atom is -0.496 e. The van der Waals surface area contributed by atoms with Crippen molar-refractivity contribution in [2.75, 3.05) is 14.2 Å². The molecule has 0 amide bonds. The number of rotatable bonds is 5. The minimum atomic E-state index is -3.02. The summed E-state index contributed by atoms with van der Waals surface area (Å²) in [6.07, 6.45) is 0.385. The molecule has 0 aliphatic heterocycles. The smallest absolute Gasteiger partial charge is 0.387 e. The lowest BCUT2D eigenvalue weighted by atomic mass is 10.2. The van der Waals surface area contributed by atoms with Crippen molar-refractivity contribution in [2.45, 2.75) is 6.61 Å². The lowest BCUT2D eigenvalue weighted by Gasteiger charge is -2.12. The number of hydrogen-bond acceptors (Lipinski definition) is 4. The molecule has 4 nitrogen and oxygen atoms in total. The largest absolute Gasteiger partial charge is 0.496 e. The van der Waals surface area contributed by atoms with E-state index in [1.54, 1.807) is 0 Å². The molecule has 1 aromatic carbocycles. The Morgan fingerprint density at radius 2 is 1.81 bits per heavy atom. The van der Waals surface area contributed by atoms with Crippen LogP contribution in [-0.2, 0) is 0 Å². The highest BCUT2D eigenvalue weighted by Gasteiger charge is 2.16. The van der Waals surface area contributed by atoms with Gasteiger partial charge in [-0.05, 0) is 0 Å². The average Bonchev–Trinajstić information content (AvgIpc) is 2.27. The van der Waals surface area contributed by atoms with Gasteiger partial charge >= 0.3 is 6.61 Å². The van der Waals surface area contributed by atoms with Crippen LogP contribution >= 0.6 is 0 Å². The monoisotopic (exact) mass is 232 g/mol. The van der Waals surface area contributed by atoms with Crippen LogP contribution in [0.2, 0.25) is 0 Å². The van der Waals surface area contributed by atoms with E-state index in [0.29, 0.717) is 6.29 Å². The topological polar surface area (TPSA) is 44.8 Å². The summed E-state index contributed by atoms with van der Waals surface area (Å²) >= 11 is 0. The number of alkyl halides is 2. The highest BCUT2D eigenvalue weighted by molar-refractivity contribution is 5.84. The van der Waals surface area contributed by atoms with Crippen LogP contribution in [0.4, 0.5) is 8.78 Å². The molecule has 1 rings (SSSR count). The van der Waals surface area contributed by atoms with Crippen molar-refractivity contribution >= 4 is 6.29 Å². The minimum absolute atomic E-state index is 0.0800. The molecule has 0 heterocycles. The van der Waals surface area contributed by atoms with Crippen molar-refractivity contribution in [1.29, 1.82) is 0 Å². The molecule has 88 valence electrons. The Labute approximate surface area is 90.7 Å². The number of ether oxygens (including phenoxy) is 3. The van der Waals surface area contributed by atoms with Crippen molar-refractivity contribution in [3.63, 3.8) is 0 Å². The highest BCUT2D eigenvalue weighted by atomic mass is 19.3. The summed E-state index contributed by atoms with van der Waals surface area (Å²) in [7, 11) is 2.68. The van der Waals surface area contributed by atoms with Gasteiger partial charge in [-0.15, -0.1) is 0 Å². The molecule has 0 N–H and O–H groups in total. The molecule has 1 aromatic rings. The summed E-state index contributed by atoms with van der Waals surface area (Å²) in [5, 5.41) is 0. The molecular weight excluding hydrogens is 222 g/mol. The average molecular weight is 232 g/mol. The van der Waals surface area contributed by atoms with Gasteiger partial charge in [0.15, 0.2) is 6.29 Å². The van der Waals surface area contributed by atoms with Crippen molar-refractivity contribution in [1.82, 2.24) is 0 Å².